The van der Waals surface area contributed by atoms with E-state index in [1.807, 2.05) is 12.3 Å². The summed E-state index contributed by atoms with van der Waals surface area (Å²) >= 11 is 1.57. The third kappa shape index (κ3) is 4.60. The molecule has 0 bridgehead atoms. The van der Waals surface area contributed by atoms with E-state index < -0.39 is 10.0 Å². The highest BCUT2D eigenvalue weighted by molar-refractivity contribution is 7.89. The zero-order valence-corrected chi connectivity index (χ0v) is 13.5. The van der Waals surface area contributed by atoms with Crippen LogP contribution < -0.4 is 10.5 Å². The molecule has 1 aromatic heterocycles. The number of rotatable bonds is 7. The molecule has 1 aromatic carbocycles. The highest BCUT2D eigenvalue weighted by Crippen LogP contribution is 2.12. The molecule has 0 saturated carbocycles. The van der Waals surface area contributed by atoms with Gasteiger partial charge in [0, 0.05) is 18.3 Å². The molecule has 2 rings (SSSR count). The van der Waals surface area contributed by atoms with Gasteiger partial charge in [-0.05, 0) is 37.6 Å². The minimum absolute atomic E-state index is 0.276. The molecular weight excluding hydrogens is 306 g/mol. The summed E-state index contributed by atoms with van der Waals surface area (Å²) in [7, 11) is -3.46. The molecule has 0 unspecified atom stereocenters. The van der Waals surface area contributed by atoms with Crippen molar-refractivity contribution >= 4 is 21.4 Å². The number of nitrogens with one attached hydrogen (secondary N) is 1. The first-order chi connectivity index (χ1) is 10.0. The predicted molar refractivity (Wildman–Crippen MR) is 84.9 cm³/mol. The number of aromatic nitrogens is 1. The van der Waals surface area contributed by atoms with Crippen molar-refractivity contribution in [1.29, 1.82) is 0 Å². The number of hydrogen-bond donors (Lipinski definition) is 2. The summed E-state index contributed by atoms with van der Waals surface area (Å²) in [5.74, 6) is 0. The van der Waals surface area contributed by atoms with Gasteiger partial charge in [0.1, 0.15) is 0 Å². The first kappa shape index (κ1) is 16.1. The largest absolute Gasteiger partial charge is 0.330 e. The summed E-state index contributed by atoms with van der Waals surface area (Å²) in [5.41, 5.74) is 7.42. The quantitative estimate of drug-likeness (QED) is 0.807. The van der Waals surface area contributed by atoms with Gasteiger partial charge >= 0.3 is 0 Å². The van der Waals surface area contributed by atoms with Crippen LogP contribution in [-0.4, -0.2) is 26.5 Å². The lowest BCUT2D eigenvalue weighted by Crippen LogP contribution is -2.26. The highest BCUT2D eigenvalue weighted by Gasteiger charge is 2.13. The summed E-state index contributed by atoms with van der Waals surface area (Å²) in [6.07, 6.45) is 1.34. The molecule has 21 heavy (non-hydrogen) atoms. The van der Waals surface area contributed by atoms with E-state index >= 15 is 0 Å². The molecule has 0 amide bonds. The van der Waals surface area contributed by atoms with Gasteiger partial charge in [0.15, 0.2) is 0 Å². The zero-order chi connectivity index (χ0) is 15.3. The summed E-state index contributed by atoms with van der Waals surface area (Å²) in [6, 6.07) is 6.82. The van der Waals surface area contributed by atoms with E-state index in [0.29, 0.717) is 19.5 Å². The van der Waals surface area contributed by atoms with Crippen LogP contribution in [0.4, 0.5) is 0 Å². The SMILES string of the molecule is Cc1nc(CCNS(=O)(=O)c2ccc(CCN)cc2)cs1. The minimum atomic E-state index is -3.46. The van der Waals surface area contributed by atoms with Crippen molar-refractivity contribution in [2.75, 3.05) is 13.1 Å². The van der Waals surface area contributed by atoms with Gasteiger partial charge in [0.25, 0.3) is 0 Å². The lowest BCUT2D eigenvalue weighted by Gasteiger charge is -2.07. The Morgan fingerprint density at radius 1 is 1.24 bits per heavy atom. The van der Waals surface area contributed by atoms with Crippen molar-refractivity contribution < 1.29 is 8.42 Å². The Kier molecular flexibility index (Phi) is 5.46. The van der Waals surface area contributed by atoms with Crippen LogP contribution in [0.1, 0.15) is 16.3 Å². The minimum Gasteiger partial charge on any atom is -0.330 e. The Labute approximate surface area is 129 Å². The molecule has 0 aliphatic carbocycles. The molecule has 114 valence electrons. The van der Waals surface area contributed by atoms with Gasteiger partial charge < -0.3 is 5.73 Å². The van der Waals surface area contributed by atoms with Crippen LogP contribution >= 0.6 is 11.3 Å². The maximum atomic E-state index is 12.1. The van der Waals surface area contributed by atoms with Crippen molar-refractivity contribution in [1.82, 2.24) is 9.71 Å². The molecule has 2 aromatic rings. The van der Waals surface area contributed by atoms with E-state index in [-0.39, 0.29) is 4.90 Å². The van der Waals surface area contributed by atoms with E-state index in [9.17, 15) is 8.42 Å². The van der Waals surface area contributed by atoms with E-state index in [4.69, 9.17) is 5.73 Å². The fourth-order valence-electron chi connectivity index (χ4n) is 1.92. The van der Waals surface area contributed by atoms with Gasteiger partial charge in [-0.15, -0.1) is 11.3 Å². The van der Waals surface area contributed by atoms with Crippen LogP contribution in [0.2, 0.25) is 0 Å². The Bertz CT molecular complexity index is 678. The molecule has 1 heterocycles. The summed E-state index contributed by atoms with van der Waals surface area (Å²) in [6.45, 7) is 2.83. The molecule has 0 aliphatic heterocycles. The van der Waals surface area contributed by atoms with E-state index in [1.165, 1.54) is 0 Å². The van der Waals surface area contributed by atoms with Crippen LogP contribution in [-0.2, 0) is 22.9 Å². The lowest BCUT2D eigenvalue weighted by atomic mass is 10.2. The van der Waals surface area contributed by atoms with Crippen molar-refractivity contribution in [3.63, 3.8) is 0 Å². The predicted octanol–water partition coefficient (Wildman–Crippen LogP) is 1.47. The Hall–Kier alpha value is -1.28. The average molecular weight is 325 g/mol. The number of aryl methyl sites for hydroxylation is 1. The molecule has 0 aliphatic rings. The van der Waals surface area contributed by atoms with Gasteiger partial charge in [-0.1, -0.05) is 12.1 Å². The van der Waals surface area contributed by atoms with Crippen LogP contribution in [0, 0.1) is 6.92 Å². The van der Waals surface area contributed by atoms with E-state index in [0.717, 1.165) is 22.7 Å². The van der Waals surface area contributed by atoms with Crippen molar-refractivity contribution in [3.05, 3.63) is 45.9 Å². The number of sulfonamides is 1. The second-order valence-corrected chi connectivity index (χ2v) is 7.52. The number of thiazole rings is 1. The molecule has 3 N–H and O–H groups in total. The molecule has 0 spiro atoms. The van der Waals surface area contributed by atoms with Crippen LogP contribution in [0.25, 0.3) is 0 Å². The van der Waals surface area contributed by atoms with E-state index in [2.05, 4.69) is 9.71 Å². The summed E-state index contributed by atoms with van der Waals surface area (Å²) in [5, 5.41) is 2.94. The molecular formula is C14H19N3O2S2. The van der Waals surface area contributed by atoms with Crippen molar-refractivity contribution in [2.24, 2.45) is 5.73 Å². The maximum absolute atomic E-state index is 12.1. The third-order valence-electron chi connectivity index (χ3n) is 3.01. The highest BCUT2D eigenvalue weighted by atomic mass is 32.2. The molecule has 7 heteroatoms. The molecule has 5 nitrogen and oxygen atoms in total. The molecule has 0 atom stereocenters. The van der Waals surface area contributed by atoms with Crippen LogP contribution in [0.15, 0.2) is 34.5 Å². The Morgan fingerprint density at radius 2 is 1.95 bits per heavy atom. The van der Waals surface area contributed by atoms with Gasteiger partial charge in [0.2, 0.25) is 10.0 Å². The number of nitrogens with two attached hydrogens (primary N) is 1. The topological polar surface area (TPSA) is 85.1 Å². The second kappa shape index (κ2) is 7.13. The normalized spacial score (nSPS) is 11.7. The average Bonchev–Trinajstić information content (AvgIpc) is 2.85. The third-order valence-corrected chi connectivity index (χ3v) is 5.31. The standard InChI is InChI=1S/C14H19N3O2S2/c1-11-17-13(10-20-11)7-9-16-21(18,19)14-4-2-12(3-5-14)6-8-15/h2-5,10,16H,6-9,15H2,1H3. The first-order valence-corrected chi connectivity index (χ1v) is 9.07. The zero-order valence-electron chi connectivity index (χ0n) is 11.9. The van der Waals surface area contributed by atoms with Crippen molar-refractivity contribution in [2.45, 2.75) is 24.7 Å². The lowest BCUT2D eigenvalue weighted by molar-refractivity contribution is 0.581. The fourth-order valence-corrected chi connectivity index (χ4v) is 3.60. The molecule has 0 fully saturated rings. The Morgan fingerprint density at radius 3 is 2.52 bits per heavy atom. The first-order valence-electron chi connectivity index (χ1n) is 6.71. The van der Waals surface area contributed by atoms with E-state index in [1.54, 1.807) is 35.6 Å². The number of hydrogen-bond acceptors (Lipinski definition) is 5. The number of benzene rings is 1. The van der Waals surface area contributed by atoms with Crippen LogP contribution in [0.3, 0.4) is 0 Å². The summed E-state index contributed by atoms with van der Waals surface area (Å²) < 4.78 is 26.9. The molecule has 0 saturated heterocycles. The molecule has 0 radical (unpaired) electrons. The Balaban J connectivity index is 1.94. The fraction of sp³-hybridized carbons (Fsp3) is 0.357. The maximum Gasteiger partial charge on any atom is 0.240 e. The van der Waals surface area contributed by atoms with Gasteiger partial charge in [0.05, 0.1) is 15.6 Å². The second-order valence-electron chi connectivity index (χ2n) is 4.69. The summed E-state index contributed by atoms with van der Waals surface area (Å²) in [4.78, 5) is 4.58. The van der Waals surface area contributed by atoms with Gasteiger partial charge in [-0.2, -0.15) is 0 Å². The van der Waals surface area contributed by atoms with Gasteiger partial charge in [-0.25, -0.2) is 18.1 Å². The van der Waals surface area contributed by atoms with Crippen molar-refractivity contribution in [3.8, 4) is 0 Å². The smallest absolute Gasteiger partial charge is 0.240 e. The van der Waals surface area contributed by atoms with Gasteiger partial charge in [-0.3, -0.25) is 0 Å². The monoisotopic (exact) mass is 325 g/mol. The van der Waals surface area contributed by atoms with Crippen LogP contribution in [0.5, 0.6) is 0 Å². The number of nitrogens with zero attached hydrogens (tertiary/aromatic N) is 1.